The van der Waals surface area contributed by atoms with Gasteiger partial charge < -0.3 is 9.57 Å². The first kappa shape index (κ1) is 17.6. The molecular formula is C15H19FN4O2S. The lowest BCUT2D eigenvalue weighted by Gasteiger charge is -2.20. The van der Waals surface area contributed by atoms with Crippen LogP contribution in [-0.2, 0) is 9.57 Å². The van der Waals surface area contributed by atoms with Crippen LogP contribution in [-0.4, -0.2) is 43.7 Å². The summed E-state index contributed by atoms with van der Waals surface area (Å²) in [5, 5.41) is 7.58. The molecule has 124 valence electrons. The Balaban J connectivity index is 2.11. The molecule has 0 aromatic heterocycles. The maximum atomic E-state index is 13.0. The molecule has 1 aliphatic rings. The zero-order valence-corrected chi connectivity index (χ0v) is 13.9. The van der Waals surface area contributed by atoms with E-state index in [1.54, 1.807) is 11.8 Å². The van der Waals surface area contributed by atoms with Crippen LogP contribution in [0.3, 0.4) is 0 Å². The number of hydrogen-bond donors (Lipinski definition) is 0. The second-order valence-electron chi connectivity index (χ2n) is 5.13. The van der Waals surface area contributed by atoms with Gasteiger partial charge in [-0.3, -0.25) is 4.39 Å². The third-order valence-corrected chi connectivity index (χ3v) is 4.32. The Morgan fingerprint density at radius 1 is 1.52 bits per heavy atom. The normalized spacial score (nSPS) is 19.4. The molecule has 0 amide bonds. The minimum Gasteiger partial charge on any atom is -0.391 e. The van der Waals surface area contributed by atoms with Crippen LogP contribution in [0.4, 0.5) is 4.39 Å². The molecule has 1 aromatic carbocycles. The molecule has 0 saturated carbocycles. The lowest BCUT2D eigenvalue weighted by molar-refractivity contribution is 0.0722. The first-order chi connectivity index (χ1) is 11.2. The zero-order valence-electron chi connectivity index (χ0n) is 13.1. The first-order valence-electron chi connectivity index (χ1n) is 7.18. The van der Waals surface area contributed by atoms with Gasteiger partial charge >= 0.3 is 0 Å². The van der Waals surface area contributed by atoms with Crippen LogP contribution < -0.4 is 0 Å². The van der Waals surface area contributed by atoms with Crippen molar-refractivity contribution in [2.45, 2.75) is 24.7 Å². The summed E-state index contributed by atoms with van der Waals surface area (Å²) in [7, 11) is 1.47. The summed E-state index contributed by atoms with van der Waals surface area (Å²) < 4.78 is 18.3. The summed E-state index contributed by atoms with van der Waals surface area (Å²) >= 11 is 1.73. The number of alkyl halides is 1. The van der Waals surface area contributed by atoms with Gasteiger partial charge in [0, 0.05) is 24.2 Å². The van der Waals surface area contributed by atoms with Gasteiger partial charge in [-0.25, -0.2) is 0 Å². The molecule has 8 heteroatoms. The van der Waals surface area contributed by atoms with Crippen molar-refractivity contribution in [1.29, 1.82) is 0 Å². The van der Waals surface area contributed by atoms with E-state index in [4.69, 9.17) is 15.1 Å². The van der Waals surface area contributed by atoms with E-state index >= 15 is 0 Å². The summed E-state index contributed by atoms with van der Waals surface area (Å²) in [5.41, 5.74) is 11.1. The molecule has 3 atom stereocenters. The highest BCUT2D eigenvalue weighted by atomic mass is 32.2. The summed E-state index contributed by atoms with van der Waals surface area (Å²) in [6.45, 7) is -0.777. The van der Waals surface area contributed by atoms with Gasteiger partial charge in [0.2, 0.25) is 0 Å². The Morgan fingerprint density at radius 3 is 2.83 bits per heavy atom. The molecular weight excluding hydrogens is 319 g/mol. The van der Waals surface area contributed by atoms with Crippen LogP contribution in [0.15, 0.2) is 34.5 Å². The number of rotatable bonds is 8. The third kappa shape index (κ3) is 4.37. The fraction of sp³-hybridized carbons (Fsp3) is 0.533. The van der Waals surface area contributed by atoms with Crippen molar-refractivity contribution < 1.29 is 14.0 Å². The average molecular weight is 338 g/mol. The number of thioether (sulfide) groups is 1. The van der Waals surface area contributed by atoms with Gasteiger partial charge in [0.1, 0.15) is 12.8 Å². The predicted octanol–water partition coefficient (Wildman–Crippen LogP) is 3.88. The summed E-state index contributed by atoms with van der Waals surface area (Å²) in [6, 6.07) is 6.59. The fourth-order valence-electron chi connectivity index (χ4n) is 2.49. The second kappa shape index (κ2) is 8.76. The molecule has 23 heavy (non-hydrogen) atoms. The minimum atomic E-state index is -0.881. The fourth-order valence-corrected chi connectivity index (χ4v) is 3.04. The van der Waals surface area contributed by atoms with Crippen molar-refractivity contribution in [2.75, 3.05) is 25.8 Å². The molecule has 2 rings (SSSR count). The van der Waals surface area contributed by atoms with Crippen LogP contribution in [0.5, 0.6) is 0 Å². The maximum absolute atomic E-state index is 13.0. The van der Waals surface area contributed by atoms with E-state index < -0.39 is 18.8 Å². The maximum Gasteiger partial charge on any atom is 0.142 e. The van der Waals surface area contributed by atoms with Gasteiger partial charge in [-0.05, 0) is 22.9 Å². The highest BCUT2D eigenvalue weighted by molar-refractivity contribution is 7.98. The van der Waals surface area contributed by atoms with Gasteiger partial charge in [-0.1, -0.05) is 34.5 Å². The van der Waals surface area contributed by atoms with Crippen molar-refractivity contribution in [3.8, 4) is 0 Å². The van der Waals surface area contributed by atoms with E-state index in [1.807, 2.05) is 30.5 Å². The Bertz CT molecular complexity index is 590. The monoisotopic (exact) mass is 338 g/mol. The van der Waals surface area contributed by atoms with Gasteiger partial charge in [0.25, 0.3) is 0 Å². The lowest BCUT2D eigenvalue weighted by Crippen LogP contribution is -2.20. The minimum absolute atomic E-state index is 0.118. The SMILES string of the molecule is CO[C@H](c1ccc(C2=NO[C@H](CSC)C2)cc1)[C@@H](CF)N=[N+]=[N-]. The third-order valence-electron chi connectivity index (χ3n) is 3.62. The molecule has 1 aliphatic heterocycles. The highest BCUT2D eigenvalue weighted by Gasteiger charge is 2.24. The number of halogens is 1. The molecule has 6 nitrogen and oxygen atoms in total. The summed E-state index contributed by atoms with van der Waals surface area (Å²) in [6.07, 6.45) is 2.31. The van der Waals surface area contributed by atoms with Crippen molar-refractivity contribution in [2.24, 2.45) is 10.3 Å². The molecule has 0 spiro atoms. The molecule has 1 heterocycles. The lowest BCUT2D eigenvalue weighted by atomic mass is 9.99. The molecule has 0 aliphatic carbocycles. The van der Waals surface area contributed by atoms with E-state index in [0.717, 1.165) is 29.0 Å². The van der Waals surface area contributed by atoms with E-state index in [2.05, 4.69) is 15.2 Å². The van der Waals surface area contributed by atoms with Crippen LogP contribution in [0.1, 0.15) is 23.7 Å². The predicted molar refractivity (Wildman–Crippen MR) is 89.5 cm³/mol. The largest absolute Gasteiger partial charge is 0.391 e. The summed E-state index contributed by atoms with van der Waals surface area (Å²) in [5.74, 6) is 0.904. The Morgan fingerprint density at radius 2 is 2.26 bits per heavy atom. The topological polar surface area (TPSA) is 79.6 Å². The van der Waals surface area contributed by atoms with Crippen molar-refractivity contribution in [1.82, 2.24) is 0 Å². The quantitative estimate of drug-likeness (QED) is 0.410. The zero-order chi connectivity index (χ0) is 16.7. The number of benzene rings is 1. The highest BCUT2D eigenvalue weighted by Crippen LogP contribution is 2.25. The van der Waals surface area contributed by atoms with Crippen molar-refractivity contribution >= 4 is 17.5 Å². The van der Waals surface area contributed by atoms with E-state index in [1.165, 1.54) is 7.11 Å². The van der Waals surface area contributed by atoms with Gasteiger partial charge in [-0.15, -0.1) is 0 Å². The molecule has 0 bridgehead atoms. The smallest absolute Gasteiger partial charge is 0.142 e. The van der Waals surface area contributed by atoms with E-state index in [0.29, 0.717) is 0 Å². The van der Waals surface area contributed by atoms with E-state index in [-0.39, 0.29) is 6.10 Å². The number of ether oxygens (including phenoxy) is 1. The molecule has 1 aromatic rings. The molecule has 0 N–H and O–H groups in total. The Kier molecular flexibility index (Phi) is 6.70. The number of hydrogen-bond acceptors (Lipinski definition) is 5. The number of oxime groups is 1. The standard InChI is InChI=1S/C15H19FN4O2S/c1-21-15(14(8-16)18-20-17)11-5-3-10(4-6-11)13-7-12(9-23-2)22-19-13/h3-6,12,14-15H,7-9H2,1-2H3/t12-,14+,15+/m0/s1. The van der Waals surface area contributed by atoms with Crippen molar-refractivity contribution in [3.63, 3.8) is 0 Å². The second-order valence-corrected chi connectivity index (χ2v) is 6.04. The molecule has 0 fully saturated rings. The van der Waals surface area contributed by atoms with Crippen LogP contribution >= 0.6 is 11.8 Å². The van der Waals surface area contributed by atoms with Gasteiger partial charge in [0.05, 0.1) is 17.9 Å². The first-order valence-corrected chi connectivity index (χ1v) is 8.57. The molecule has 0 unspecified atom stereocenters. The average Bonchev–Trinajstić information content (AvgIpc) is 3.04. The van der Waals surface area contributed by atoms with Gasteiger partial charge in [-0.2, -0.15) is 11.8 Å². The number of azide groups is 1. The van der Waals surface area contributed by atoms with E-state index in [9.17, 15) is 4.39 Å². The van der Waals surface area contributed by atoms with Crippen LogP contribution in [0.2, 0.25) is 0 Å². The Labute approximate surface area is 138 Å². The Hall–Kier alpha value is -1.76. The van der Waals surface area contributed by atoms with Crippen LogP contribution in [0.25, 0.3) is 10.4 Å². The van der Waals surface area contributed by atoms with Crippen molar-refractivity contribution in [3.05, 3.63) is 45.8 Å². The molecule has 0 saturated heterocycles. The number of methoxy groups -OCH3 is 1. The van der Waals surface area contributed by atoms with Crippen LogP contribution in [0, 0.1) is 0 Å². The summed E-state index contributed by atoms with van der Waals surface area (Å²) in [4.78, 5) is 8.06. The number of nitrogens with zero attached hydrogens (tertiary/aromatic N) is 4. The molecule has 0 radical (unpaired) electrons. The van der Waals surface area contributed by atoms with Gasteiger partial charge in [0.15, 0.2) is 0 Å².